The number of anilines is 1. The summed E-state index contributed by atoms with van der Waals surface area (Å²) >= 11 is 0. The van der Waals surface area contributed by atoms with Gasteiger partial charge in [0.1, 0.15) is 5.82 Å². The Labute approximate surface area is 172 Å². The first kappa shape index (κ1) is 20.1. The number of carbonyl (C=O) groups is 2. The summed E-state index contributed by atoms with van der Waals surface area (Å²) < 4.78 is 0. The van der Waals surface area contributed by atoms with Crippen LogP contribution in [0.4, 0.5) is 5.82 Å². The van der Waals surface area contributed by atoms with E-state index in [2.05, 4.69) is 16.8 Å². The molecule has 4 rings (SSSR count). The summed E-state index contributed by atoms with van der Waals surface area (Å²) in [5, 5.41) is 0. The van der Waals surface area contributed by atoms with Gasteiger partial charge in [0, 0.05) is 58.7 Å². The topological polar surface area (TPSA) is 72.9 Å². The van der Waals surface area contributed by atoms with Gasteiger partial charge in [-0.05, 0) is 32.7 Å². The molecule has 1 atom stereocenters. The Morgan fingerprint density at radius 1 is 1.10 bits per heavy atom. The fraction of sp³-hybridized carbons (Fsp3) is 0.714. The number of rotatable bonds is 4. The van der Waals surface area contributed by atoms with Crippen LogP contribution in [0.25, 0.3) is 0 Å². The van der Waals surface area contributed by atoms with E-state index in [1.807, 2.05) is 19.0 Å². The largest absolute Gasteiger partial charge is 0.362 e. The van der Waals surface area contributed by atoms with Crippen LogP contribution in [0, 0.1) is 0 Å². The molecule has 1 aromatic heterocycles. The predicted octanol–water partition coefficient (Wildman–Crippen LogP) is 1.21. The van der Waals surface area contributed by atoms with Gasteiger partial charge in [-0.3, -0.25) is 9.59 Å². The zero-order chi connectivity index (χ0) is 20.5. The lowest BCUT2D eigenvalue weighted by Gasteiger charge is -2.37. The minimum atomic E-state index is -0.0994. The summed E-state index contributed by atoms with van der Waals surface area (Å²) in [6.07, 6.45) is 5.26. The van der Waals surface area contributed by atoms with Crippen molar-refractivity contribution in [2.45, 2.75) is 51.1 Å². The van der Waals surface area contributed by atoms with Crippen LogP contribution in [-0.2, 0) is 22.6 Å². The van der Waals surface area contributed by atoms with Gasteiger partial charge in [0.05, 0.1) is 18.3 Å². The van der Waals surface area contributed by atoms with Crippen LogP contribution in [-0.4, -0.2) is 83.8 Å². The van der Waals surface area contributed by atoms with Crippen molar-refractivity contribution in [3.8, 4) is 0 Å². The lowest BCUT2D eigenvalue weighted by atomic mass is 9.99. The Bertz CT molecular complexity index is 796. The average molecular weight is 401 g/mol. The van der Waals surface area contributed by atoms with E-state index in [9.17, 15) is 9.59 Å². The average Bonchev–Trinajstić information content (AvgIpc) is 3.11. The van der Waals surface area contributed by atoms with E-state index in [-0.39, 0.29) is 24.4 Å². The molecule has 8 heteroatoms. The number of nitrogens with zero attached hydrogens (tertiary/aromatic N) is 6. The first-order valence-corrected chi connectivity index (χ1v) is 10.8. The smallest absolute Gasteiger partial charge is 0.242 e. The van der Waals surface area contributed by atoms with Crippen LogP contribution in [0.15, 0.2) is 0 Å². The van der Waals surface area contributed by atoms with Crippen LogP contribution in [0.3, 0.4) is 0 Å². The molecule has 0 aromatic carbocycles. The number of amides is 2. The first-order chi connectivity index (χ1) is 13.9. The minimum absolute atomic E-state index is 0.0254. The number of fused-ring (bicyclic) bond motifs is 1. The highest BCUT2D eigenvalue weighted by Gasteiger charge is 2.34. The van der Waals surface area contributed by atoms with Crippen molar-refractivity contribution in [3.05, 3.63) is 17.1 Å². The molecule has 0 aliphatic carbocycles. The van der Waals surface area contributed by atoms with Crippen molar-refractivity contribution in [1.29, 1.82) is 0 Å². The summed E-state index contributed by atoms with van der Waals surface area (Å²) in [7, 11) is 6.16. The first-order valence-electron chi connectivity index (χ1n) is 10.8. The van der Waals surface area contributed by atoms with Gasteiger partial charge in [0.25, 0.3) is 0 Å². The zero-order valence-corrected chi connectivity index (χ0v) is 17.9. The SMILES string of the molecule is CN1CCc2nc([C@H]3CCCCN3C(=O)CN3CCCC3=O)nc(N(C)C)c2C1. The molecule has 0 radical (unpaired) electrons. The molecule has 158 valence electrons. The quantitative estimate of drug-likeness (QED) is 0.756. The second kappa shape index (κ2) is 8.26. The van der Waals surface area contributed by atoms with Crippen molar-refractivity contribution in [1.82, 2.24) is 24.7 Å². The van der Waals surface area contributed by atoms with Gasteiger partial charge in [-0.1, -0.05) is 0 Å². The molecule has 2 saturated heterocycles. The Hall–Kier alpha value is -2.22. The molecule has 3 aliphatic heterocycles. The van der Waals surface area contributed by atoms with Gasteiger partial charge in [0.15, 0.2) is 5.82 Å². The summed E-state index contributed by atoms with van der Waals surface area (Å²) in [4.78, 5) is 42.9. The van der Waals surface area contributed by atoms with E-state index in [1.54, 1.807) is 4.90 Å². The van der Waals surface area contributed by atoms with Gasteiger partial charge in [-0.2, -0.15) is 0 Å². The third kappa shape index (κ3) is 4.08. The maximum Gasteiger partial charge on any atom is 0.242 e. The second-order valence-corrected chi connectivity index (χ2v) is 8.73. The highest BCUT2D eigenvalue weighted by atomic mass is 16.2. The van der Waals surface area contributed by atoms with E-state index < -0.39 is 0 Å². The molecule has 0 N–H and O–H groups in total. The fourth-order valence-electron chi connectivity index (χ4n) is 4.69. The van der Waals surface area contributed by atoms with E-state index >= 15 is 0 Å². The number of likely N-dealkylation sites (N-methyl/N-ethyl adjacent to an activating group) is 1. The van der Waals surface area contributed by atoms with Crippen molar-refractivity contribution in [3.63, 3.8) is 0 Å². The molecular formula is C21H32N6O2. The van der Waals surface area contributed by atoms with Gasteiger partial charge >= 0.3 is 0 Å². The Morgan fingerprint density at radius 2 is 1.93 bits per heavy atom. The predicted molar refractivity (Wildman–Crippen MR) is 111 cm³/mol. The molecule has 2 fully saturated rings. The molecule has 2 amide bonds. The van der Waals surface area contributed by atoms with E-state index in [4.69, 9.17) is 9.97 Å². The monoisotopic (exact) mass is 400 g/mol. The molecule has 8 nitrogen and oxygen atoms in total. The number of piperidine rings is 1. The summed E-state index contributed by atoms with van der Waals surface area (Å²) in [6, 6.07) is -0.0994. The van der Waals surface area contributed by atoms with Gasteiger partial charge in [-0.25, -0.2) is 9.97 Å². The standard InChI is InChI=1S/C21H32N6O2/c1-24(2)21-15-13-25(3)12-9-16(15)22-20(23-21)17-7-4-5-11-27(17)19(29)14-26-10-6-8-18(26)28/h17H,4-14H2,1-3H3/t17-/m1/s1. The number of aromatic nitrogens is 2. The third-order valence-electron chi connectivity index (χ3n) is 6.29. The summed E-state index contributed by atoms with van der Waals surface area (Å²) in [5.74, 6) is 1.84. The molecule has 3 aliphatic rings. The van der Waals surface area contributed by atoms with Crippen molar-refractivity contribution < 1.29 is 9.59 Å². The maximum atomic E-state index is 13.1. The van der Waals surface area contributed by atoms with Crippen molar-refractivity contribution in [2.75, 3.05) is 52.2 Å². The number of carbonyl (C=O) groups excluding carboxylic acids is 2. The third-order valence-corrected chi connectivity index (χ3v) is 6.29. The minimum Gasteiger partial charge on any atom is -0.362 e. The number of hydrogen-bond acceptors (Lipinski definition) is 6. The number of likely N-dealkylation sites (tertiary alicyclic amines) is 2. The normalized spacial score (nSPS) is 22.7. The highest BCUT2D eigenvalue weighted by Crippen LogP contribution is 2.33. The lowest BCUT2D eigenvalue weighted by molar-refractivity contribution is -0.141. The van der Waals surface area contributed by atoms with Crippen LogP contribution in [0.2, 0.25) is 0 Å². The zero-order valence-electron chi connectivity index (χ0n) is 17.9. The molecule has 1 aromatic rings. The molecule has 0 spiro atoms. The fourth-order valence-corrected chi connectivity index (χ4v) is 4.69. The lowest BCUT2D eigenvalue weighted by Crippen LogP contribution is -2.45. The van der Waals surface area contributed by atoms with Crippen molar-refractivity contribution in [2.24, 2.45) is 0 Å². The number of hydrogen-bond donors (Lipinski definition) is 0. The maximum absolute atomic E-state index is 13.1. The molecule has 0 unspecified atom stereocenters. The van der Waals surface area contributed by atoms with E-state index in [0.717, 1.165) is 62.5 Å². The summed E-state index contributed by atoms with van der Waals surface area (Å²) in [5.41, 5.74) is 2.31. The summed E-state index contributed by atoms with van der Waals surface area (Å²) in [6.45, 7) is 3.43. The molecule has 0 bridgehead atoms. The van der Waals surface area contributed by atoms with E-state index in [1.165, 1.54) is 5.56 Å². The van der Waals surface area contributed by atoms with Gasteiger partial charge in [0.2, 0.25) is 11.8 Å². The molecule has 4 heterocycles. The molecule has 0 saturated carbocycles. The van der Waals surface area contributed by atoms with Gasteiger partial charge < -0.3 is 19.6 Å². The van der Waals surface area contributed by atoms with Crippen LogP contribution < -0.4 is 4.90 Å². The van der Waals surface area contributed by atoms with Gasteiger partial charge in [-0.15, -0.1) is 0 Å². The highest BCUT2D eigenvalue weighted by molar-refractivity contribution is 5.86. The molecular weight excluding hydrogens is 368 g/mol. The second-order valence-electron chi connectivity index (χ2n) is 8.73. The Balaban J connectivity index is 1.62. The van der Waals surface area contributed by atoms with Crippen LogP contribution >= 0.6 is 0 Å². The van der Waals surface area contributed by atoms with Crippen LogP contribution in [0.1, 0.15) is 55.2 Å². The Kier molecular flexibility index (Phi) is 5.72. The van der Waals surface area contributed by atoms with Crippen LogP contribution in [0.5, 0.6) is 0 Å². The Morgan fingerprint density at radius 3 is 2.66 bits per heavy atom. The molecule has 29 heavy (non-hydrogen) atoms. The van der Waals surface area contributed by atoms with E-state index in [0.29, 0.717) is 19.5 Å². The van der Waals surface area contributed by atoms with Crippen molar-refractivity contribution >= 4 is 17.6 Å².